The van der Waals surface area contributed by atoms with Gasteiger partial charge in [-0.2, -0.15) is 13.2 Å². The summed E-state index contributed by atoms with van der Waals surface area (Å²) in [4.78, 5) is 29.2. The standard InChI is InChI=1S/C28H29F3N6O3/c1-4-25(39)33-20-6-5-7-21(15-20)34-26-22(28(29,30)31)16-32-27(36-26)35-23-9-8-19(14-24(23)40-3)18-10-12-37(13-11-18)17(2)38/h4-10,14-16,26,34H,1,11-13H2,2-3H3,(H,33,39)(H2,32,35,36). The molecule has 1 atom stereocenters. The van der Waals surface area contributed by atoms with E-state index in [9.17, 15) is 22.8 Å². The summed E-state index contributed by atoms with van der Waals surface area (Å²) in [6.07, 6.45) is -1.49. The lowest BCUT2D eigenvalue weighted by molar-refractivity contribution is -0.128. The number of nitrogens with zero attached hydrogens (tertiary/aromatic N) is 2. The van der Waals surface area contributed by atoms with Gasteiger partial charge in [-0.05, 0) is 54.0 Å². The third kappa shape index (κ3) is 6.82. The molecule has 0 fully saturated rings. The molecule has 0 spiro atoms. The molecule has 0 bridgehead atoms. The van der Waals surface area contributed by atoms with Crippen LogP contribution in [-0.4, -0.2) is 55.2 Å². The van der Waals surface area contributed by atoms with Crippen LogP contribution in [0.2, 0.25) is 0 Å². The lowest BCUT2D eigenvalue weighted by Gasteiger charge is -2.27. The van der Waals surface area contributed by atoms with Gasteiger partial charge in [0.2, 0.25) is 17.8 Å². The molecule has 4 N–H and O–H groups in total. The Bertz CT molecular complexity index is 1400. The third-order valence-corrected chi connectivity index (χ3v) is 6.34. The van der Waals surface area contributed by atoms with E-state index < -0.39 is 23.8 Å². The van der Waals surface area contributed by atoms with Crippen molar-refractivity contribution in [3.05, 3.63) is 78.5 Å². The fourth-order valence-corrected chi connectivity index (χ4v) is 4.25. The second kappa shape index (κ2) is 12.0. The van der Waals surface area contributed by atoms with Crippen molar-refractivity contribution in [1.82, 2.24) is 10.2 Å². The van der Waals surface area contributed by atoms with Gasteiger partial charge < -0.3 is 30.9 Å². The van der Waals surface area contributed by atoms with E-state index in [1.165, 1.54) is 20.1 Å². The summed E-state index contributed by atoms with van der Waals surface area (Å²) in [6.45, 7) is 6.07. The minimum Gasteiger partial charge on any atom is -0.495 e. The van der Waals surface area contributed by atoms with Crippen molar-refractivity contribution >= 4 is 40.4 Å². The van der Waals surface area contributed by atoms with Gasteiger partial charge in [0, 0.05) is 37.6 Å². The number of nitrogens with one attached hydrogen (secondary N) is 4. The number of methoxy groups -OCH3 is 1. The molecule has 2 heterocycles. The van der Waals surface area contributed by atoms with Gasteiger partial charge in [-0.3, -0.25) is 9.59 Å². The zero-order chi connectivity index (χ0) is 28.9. The first-order valence-electron chi connectivity index (χ1n) is 12.4. The average Bonchev–Trinajstić information content (AvgIpc) is 2.93. The average molecular weight is 555 g/mol. The van der Waals surface area contributed by atoms with E-state index in [1.807, 2.05) is 18.2 Å². The van der Waals surface area contributed by atoms with Crippen LogP contribution >= 0.6 is 0 Å². The fourth-order valence-electron chi connectivity index (χ4n) is 4.25. The van der Waals surface area contributed by atoms with E-state index in [0.717, 1.165) is 23.4 Å². The summed E-state index contributed by atoms with van der Waals surface area (Å²) < 4.78 is 46.9. The van der Waals surface area contributed by atoms with Crippen molar-refractivity contribution in [3.63, 3.8) is 0 Å². The maximum Gasteiger partial charge on any atom is 0.417 e. The Morgan fingerprint density at radius 1 is 1.20 bits per heavy atom. The van der Waals surface area contributed by atoms with Gasteiger partial charge in [-0.15, -0.1) is 0 Å². The van der Waals surface area contributed by atoms with Crippen LogP contribution in [0, 0.1) is 0 Å². The number of anilines is 3. The highest BCUT2D eigenvalue weighted by Crippen LogP contribution is 2.34. The minimum absolute atomic E-state index is 0.0240. The van der Waals surface area contributed by atoms with Gasteiger partial charge in [0.1, 0.15) is 5.75 Å². The molecule has 2 amide bonds. The molecule has 12 heteroatoms. The zero-order valence-corrected chi connectivity index (χ0v) is 21.9. The van der Waals surface area contributed by atoms with Crippen LogP contribution in [0.15, 0.2) is 78.0 Å². The number of guanidine groups is 1. The highest BCUT2D eigenvalue weighted by molar-refractivity contribution is 5.99. The Hall–Kier alpha value is -4.74. The molecule has 0 saturated heterocycles. The van der Waals surface area contributed by atoms with Crippen molar-refractivity contribution in [1.29, 1.82) is 0 Å². The van der Waals surface area contributed by atoms with Crippen LogP contribution in [0.25, 0.3) is 5.57 Å². The van der Waals surface area contributed by atoms with Crippen molar-refractivity contribution in [2.24, 2.45) is 4.99 Å². The molecule has 9 nitrogen and oxygen atoms in total. The summed E-state index contributed by atoms with van der Waals surface area (Å²) >= 11 is 0. The van der Waals surface area contributed by atoms with Crippen LogP contribution in [-0.2, 0) is 9.59 Å². The number of carbonyl (C=O) groups is 2. The third-order valence-electron chi connectivity index (χ3n) is 6.34. The van der Waals surface area contributed by atoms with Gasteiger partial charge in [0.05, 0.1) is 18.4 Å². The molecule has 0 saturated carbocycles. The SMILES string of the molecule is C=CC(=O)Nc1cccc(NC2N=C(Nc3ccc(C4=CCN(C(C)=O)CC4)cc3OC)NC=C2C(F)(F)F)c1. The summed E-state index contributed by atoms with van der Waals surface area (Å²) in [5.74, 6) is 0.118. The van der Waals surface area contributed by atoms with E-state index >= 15 is 0 Å². The second-order valence-corrected chi connectivity index (χ2v) is 9.02. The predicted octanol–water partition coefficient (Wildman–Crippen LogP) is 4.71. The zero-order valence-electron chi connectivity index (χ0n) is 21.9. The first-order valence-corrected chi connectivity index (χ1v) is 12.4. The highest BCUT2D eigenvalue weighted by Gasteiger charge is 2.41. The number of hydrogen-bond donors (Lipinski definition) is 4. The summed E-state index contributed by atoms with van der Waals surface area (Å²) in [5, 5.41) is 10.9. The lowest BCUT2D eigenvalue weighted by atomic mass is 9.98. The molecular formula is C28H29F3N6O3. The van der Waals surface area contributed by atoms with Gasteiger partial charge in [-0.25, -0.2) is 4.99 Å². The second-order valence-electron chi connectivity index (χ2n) is 9.02. The number of benzene rings is 2. The number of amides is 2. The van der Waals surface area contributed by atoms with Crippen molar-refractivity contribution < 1.29 is 27.5 Å². The normalized spacial score (nSPS) is 17.0. The molecule has 0 aromatic heterocycles. The maximum absolute atomic E-state index is 13.8. The van der Waals surface area contributed by atoms with E-state index in [1.54, 1.807) is 29.2 Å². The number of hydrogen-bond acceptors (Lipinski definition) is 7. The Labute approximate surface area is 229 Å². The summed E-state index contributed by atoms with van der Waals surface area (Å²) in [5.41, 5.74) is 2.27. The van der Waals surface area contributed by atoms with E-state index in [4.69, 9.17) is 4.74 Å². The molecule has 40 heavy (non-hydrogen) atoms. The lowest BCUT2D eigenvalue weighted by Crippen LogP contribution is -2.40. The minimum atomic E-state index is -4.65. The molecule has 0 radical (unpaired) electrons. The number of carbonyl (C=O) groups excluding carboxylic acids is 2. The summed E-state index contributed by atoms with van der Waals surface area (Å²) in [6, 6.07) is 11.7. The molecule has 2 aromatic carbocycles. The Balaban J connectivity index is 1.55. The Kier molecular flexibility index (Phi) is 8.46. The van der Waals surface area contributed by atoms with E-state index in [2.05, 4.69) is 32.8 Å². The molecule has 4 rings (SSSR count). The van der Waals surface area contributed by atoms with E-state index in [-0.39, 0.29) is 11.9 Å². The van der Waals surface area contributed by atoms with E-state index in [0.29, 0.717) is 42.3 Å². The Morgan fingerprint density at radius 2 is 1.98 bits per heavy atom. The number of aliphatic imine (C=N–C) groups is 1. The quantitative estimate of drug-likeness (QED) is 0.370. The van der Waals surface area contributed by atoms with Gasteiger partial charge in [0.15, 0.2) is 6.17 Å². The van der Waals surface area contributed by atoms with Crippen molar-refractivity contribution in [2.45, 2.75) is 25.7 Å². The molecule has 210 valence electrons. The van der Waals surface area contributed by atoms with Gasteiger partial charge in [0.25, 0.3) is 0 Å². The molecule has 2 aromatic rings. The largest absolute Gasteiger partial charge is 0.495 e. The smallest absolute Gasteiger partial charge is 0.417 e. The van der Waals surface area contributed by atoms with Gasteiger partial charge >= 0.3 is 6.18 Å². The van der Waals surface area contributed by atoms with Gasteiger partial charge in [-0.1, -0.05) is 24.8 Å². The number of alkyl halides is 3. The first kappa shape index (κ1) is 28.3. The molecule has 2 aliphatic heterocycles. The van der Waals surface area contributed by atoms with Crippen molar-refractivity contribution in [2.75, 3.05) is 36.1 Å². The molecular weight excluding hydrogens is 525 g/mol. The number of ether oxygens (including phenoxy) is 1. The number of halogens is 3. The maximum atomic E-state index is 13.8. The monoisotopic (exact) mass is 554 g/mol. The highest BCUT2D eigenvalue weighted by atomic mass is 19.4. The number of rotatable bonds is 7. The van der Waals surface area contributed by atoms with Crippen LogP contribution in [0.3, 0.4) is 0 Å². The van der Waals surface area contributed by atoms with Crippen LogP contribution in [0.4, 0.5) is 30.2 Å². The topological polar surface area (TPSA) is 107 Å². The first-order chi connectivity index (χ1) is 19.1. The fraction of sp³-hybridized carbons (Fsp3) is 0.250. The van der Waals surface area contributed by atoms with Crippen LogP contribution in [0.1, 0.15) is 18.9 Å². The van der Waals surface area contributed by atoms with Crippen molar-refractivity contribution in [3.8, 4) is 5.75 Å². The van der Waals surface area contributed by atoms with Crippen LogP contribution < -0.4 is 26.0 Å². The molecule has 1 unspecified atom stereocenters. The predicted molar refractivity (Wildman–Crippen MR) is 149 cm³/mol. The van der Waals surface area contributed by atoms with Crippen LogP contribution in [0.5, 0.6) is 5.75 Å². The Morgan fingerprint density at radius 3 is 2.62 bits per heavy atom. The molecule has 2 aliphatic rings. The summed E-state index contributed by atoms with van der Waals surface area (Å²) in [7, 11) is 1.50. The molecule has 0 aliphatic carbocycles.